The monoisotopic (exact) mass is 660 g/mol. The van der Waals surface area contributed by atoms with Crippen LogP contribution in [0.4, 0.5) is 0 Å². The van der Waals surface area contributed by atoms with Gasteiger partial charge in [-0.2, -0.15) is 0 Å². The van der Waals surface area contributed by atoms with E-state index in [0.29, 0.717) is 11.5 Å². The van der Waals surface area contributed by atoms with Gasteiger partial charge in [-0.3, -0.25) is 0 Å². The number of aromatic amines is 2. The molecule has 0 aliphatic heterocycles. The van der Waals surface area contributed by atoms with Gasteiger partial charge in [0.1, 0.15) is 11.5 Å². The number of nitrogens with zero attached hydrogens (tertiary/aromatic N) is 4. The van der Waals surface area contributed by atoms with E-state index in [4.69, 9.17) is 9.47 Å². The molecule has 2 aromatic heterocycles. The number of aromatic nitrogens is 6. The topological polar surface area (TPSA) is 176 Å². The zero-order valence-corrected chi connectivity index (χ0v) is 25.9. The molecule has 0 aliphatic carbocycles. The second-order valence-electron chi connectivity index (χ2n) is 11.4. The number of rotatable bonds is 9. The zero-order valence-electron chi connectivity index (χ0n) is 25.9. The molecule has 2 heterocycles. The average molecular weight is 661 g/mol. The summed E-state index contributed by atoms with van der Waals surface area (Å²) in [6.07, 6.45) is 0. The lowest BCUT2D eigenvalue weighted by Crippen LogP contribution is -1.99. The number of fused-ring (bicyclic) bond motifs is 2. The Labute approximate surface area is 282 Å². The molecule has 0 radical (unpaired) electrons. The summed E-state index contributed by atoms with van der Waals surface area (Å²) >= 11 is 0. The summed E-state index contributed by atoms with van der Waals surface area (Å²) < 4.78 is 11.4. The molecule has 0 fully saturated rings. The van der Waals surface area contributed by atoms with Gasteiger partial charge in [-0.1, -0.05) is 89.3 Å². The van der Waals surface area contributed by atoms with E-state index in [0.717, 1.165) is 54.9 Å². The van der Waals surface area contributed by atoms with E-state index >= 15 is 0 Å². The van der Waals surface area contributed by atoms with Crippen molar-refractivity contribution in [3.05, 3.63) is 133 Å². The number of H-pyrrole nitrogens is 2. The van der Waals surface area contributed by atoms with Crippen LogP contribution in [-0.4, -0.2) is 53.0 Å². The minimum atomic E-state index is -1.23. The summed E-state index contributed by atoms with van der Waals surface area (Å²) in [6.45, 7) is 0. The minimum absolute atomic E-state index is 0.0333. The molecule has 0 spiro atoms. The van der Waals surface area contributed by atoms with Crippen LogP contribution in [0, 0.1) is 0 Å². The summed E-state index contributed by atoms with van der Waals surface area (Å²) in [5.74, 6) is -1.63. The molecule has 242 valence electrons. The van der Waals surface area contributed by atoms with Gasteiger partial charge in [0.05, 0.1) is 0 Å². The lowest BCUT2D eigenvalue weighted by atomic mass is 9.93. The highest BCUT2D eigenvalue weighted by atomic mass is 16.5. The third-order valence-electron chi connectivity index (χ3n) is 8.26. The van der Waals surface area contributed by atoms with Crippen molar-refractivity contribution in [3.63, 3.8) is 0 Å². The van der Waals surface area contributed by atoms with Crippen molar-refractivity contribution in [3.8, 4) is 56.6 Å². The Morgan fingerprint density at radius 1 is 0.500 bits per heavy atom. The molecule has 0 saturated heterocycles. The maximum atomic E-state index is 11.4. The fraction of sp³-hybridized carbons (Fsp3) is 0. The number of carboxylic acid groups (broad SMARTS) is 2. The number of aromatic carboxylic acids is 2. The van der Waals surface area contributed by atoms with Crippen LogP contribution in [-0.2, 0) is 0 Å². The maximum absolute atomic E-state index is 11.4. The van der Waals surface area contributed by atoms with Crippen LogP contribution in [0.15, 0.2) is 121 Å². The normalized spacial score (nSPS) is 11.1. The molecule has 8 rings (SSSR count). The highest BCUT2D eigenvalue weighted by Crippen LogP contribution is 2.36. The van der Waals surface area contributed by atoms with E-state index in [-0.39, 0.29) is 23.1 Å². The Hall–Kier alpha value is -7.34. The van der Waals surface area contributed by atoms with Gasteiger partial charge >= 0.3 is 11.9 Å². The van der Waals surface area contributed by atoms with Crippen molar-refractivity contribution in [2.24, 2.45) is 0 Å². The molecule has 0 saturated carbocycles. The quantitative estimate of drug-likeness (QED) is 0.118. The number of hydrogen-bond donors (Lipinski definition) is 4. The van der Waals surface area contributed by atoms with Crippen molar-refractivity contribution >= 4 is 33.5 Å². The molecular weight excluding hydrogens is 636 g/mol. The number of benzene rings is 6. The summed E-state index contributed by atoms with van der Waals surface area (Å²) in [7, 11) is 0. The molecule has 12 nitrogen and oxygen atoms in total. The molecule has 0 unspecified atom stereocenters. The van der Waals surface area contributed by atoms with Crippen molar-refractivity contribution in [2.45, 2.75) is 0 Å². The van der Waals surface area contributed by atoms with Gasteiger partial charge in [0.2, 0.25) is 11.4 Å². The van der Waals surface area contributed by atoms with Crippen LogP contribution in [0.2, 0.25) is 0 Å². The van der Waals surface area contributed by atoms with Gasteiger partial charge in [-0.05, 0) is 97.4 Å². The summed E-state index contributed by atoms with van der Waals surface area (Å²) in [6, 6.07) is 40.0. The second kappa shape index (κ2) is 12.4. The molecule has 50 heavy (non-hydrogen) atoms. The Morgan fingerprint density at radius 3 is 1.78 bits per heavy atom. The van der Waals surface area contributed by atoms with Crippen molar-refractivity contribution in [2.75, 3.05) is 0 Å². The number of nitrogens with one attached hydrogen (secondary N) is 2. The molecule has 0 amide bonds. The molecule has 8 aromatic rings. The fourth-order valence-corrected chi connectivity index (χ4v) is 5.86. The van der Waals surface area contributed by atoms with Crippen molar-refractivity contribution in [1.29, 1.82) is 0 Å². The first-order chi connectivity index (χ1) is 24.4. The number of carbonyl (C=O) groups is 2. The first kappa shape index (κ1) is 30.0. The Bertz CT molecular complexity index is 2580. The second-order valence-corrected chi connectivity index (χ2v) is 11.4. The van der Waals surface area contributed by atoms with E-state index in [1.54, 1.807) is 18.2 Å². The van der Waals surface area contributed by atoms with Crippen LogP contribution < -0.4 is 9.47 Å². The largest absolute Gasteiger partial charge is 0.476 e. The van der Waals surface area contributed by atoms with E-state index in [1.165, 1.54) is 0 Å². The maximum Gasteiger partial charge on any atom is 0.362 e. The zero-order chi connectivity index (χ0) is 34.2. The third kappa shape index (κ3) is 5.73. The van der Waals surface area contributed by atoms with E-state index in [2.05, 4.69) is 91.5 Å². The molecule has 6 aromatic carbocycles. The smallest absolute Gasteiger partial charge is 0.362 e. The highest BCUT2D eigenvalue weighted by molar-refractivity contribution is 6.01. The lowest BCUT2D eigenvalue weighted by Gasteiger charge is -2.12. The Balaban J connectivity index is 1.06. The molecular formula is C38H24N6O6. The molecule has 0 atom stereocenters. The highest BCUT2D eigenvalue weighted by Gasteiger charge is 2.18. The molecule has 0 bridgehead atoms. The van der Waals surface area contributed by atoms with E-state index < -0.39 is 11.9 Å². The van der Waals surface area contributed by atoms with Crippen LogP contribution in [0.1, 0.15) is 21.0 Å². The van der Waals surface area contributed by atoms with Gasteiger partial charge < -0.3 is 19.7 Å². The van der Waals surface area contributed by atoms with Crippen molar-refractivity contribution in [1.82, 2.24) is 30.8 Å². The Morgan fingerprint density at radius 2 is 1.06 bits per heavy atom. The SMILES string of the molecule is O=C(O)c1nn[nH]c1Oc1ccc(-c2ccc3c(-c4ccc5ccc(-c6cccc(Oc7[nH]nnc7C(=O)O)c6)cc5c4)cccc3c2)cc1. The predicted octanol–water partition coefficient (Wildman–Crippen LogP) is 8.21. The predicted molar refractivity (Wildman–Crippen MR) is 185 cm³/mol. The molecule has 0 aliphatic rings. The lowest BCUT2D eigenvalue weighted by molar-refractivity contribution is 0.0676. The summed E-state index contributed by atoms with van der Waals surface area (Å²) in [4.78, 5) is 22.7. The standard InChI is InChI=1S/C38H24N6O6/c45-37(46)33-35(41-43-39-33)49-29-14-11-21(12-15-29)24-13-16-32-26(17-24)4-2-6-31(32)27-10-8-22-7-9-25(18-28(22)19-27)23-3-1-5-30(20-23)50-36-34(38(47)48)40-44-42-36/h1-20H,(H,45,46)(H,47,48)(H,39,41,43)(H,40,42,44). The molecule has 12 heteroatoms. The number of ether oxygens (including phenoxy) is 2. The van der Waals surface area contributed by atoms with Gasteiger partial charge in [-0.25, -0.2) is 19.8 Å². The number of hydrogen-bond acceptors (Lipinski definition) is 8. The third-order valence-corrected chi connectivity index (χ3v) is 8.26. The number of carboxylic acids is 2. The van der Waals surface area contributed by atoms with Crippen LogP contribution >= 0.6 is 0 Å². The fourth-order valence-electron chi connectivity index (χ4n) is 5.86. The van der Waals surface area contributed by atoms with Gasteiger partial charge in [0.15, 0.2) is 0 Å². The average Bonchev–Trinajstić information content (AvgIpc) is 3.81. The first-order valence-electron chi connectivity index (χ1n) is 15.3. The van der Waals surface area contributed by atoms with Gasteiger partial charge in [-0.15, -0.1) is 10.2 Å². The Kier molecular flexibility index (Phi) is 7.42. The summed E-state index contributed by atoms with van der Waals surface area (Å²) in [5, 5.41) is 42.0. The van der Waals surface area contributed by atoms with Gasteiger partial charge in [0, 0.05) is 0 Å². The first-order valence-corrected chi connectivity index (χ1v) is 15.3. The van der Waals surface area contributed by atoms with Crippen LogP contribution in [0.25, 0.3) is 54.9 Å². The van der Waals surface area contributed by atoms with Crippen LogP contribution in [0.3, 0.4) is 0 Å². The van der Waals surface area contributed by atoms with E-state index in [9.17, 15) is 19.8 Å². The summed E-state index contributed by atoms with van der Waals surface area (Å²) in [5.41, 5.74) is 5.48. The van der Waals surface area contributed by atoms with Crippen LogP contribution in [0.5, 0.6) is 23.3 Å². The van der Waals surface area contributed by atoms with Gasteiger partial charge in [0.25, 0.3) is 11.8 Å². The molecule has 4 N–H and O–H groups in total. The minimum Gasteiger partial charge on any atom is -0.476 e. The van der Waals surface area contributed by atoms with E-state index in [1.807, 2.05) is 42.5 Å². The van der Waals surface area contributed by atoms with Crippen molar-refractivity contribution < 1.29 is 29.3 Å².